The van der Waals surface area contributed by atoms with E-state index in [1.165, 1.54) is 44.0 Å². The molecule has 0 unspecified atom stereocenters. The van der Waals surface area contributed by atoms with E-state index in [1.54, 1.807) is 0 Å². The molecular weight excluding hydrogens is 462 g/mol. The third-order valence-electron chi connectivity index (χ3n) is 5.67. The minimum absolute atomic E-state index is 0.0690. The number of hydrogen-bond donors (Lipinski definition) is 2. The van der Waals surface area contributed by atoms with Crippen LogP contribution in [-0.2, 0) is 16.6 Å². The molecule has 0 aliphatic rings. The molecule has 0 radical (unpaired) electrons. The van der Waals surface area contributed by atoms with Gasteiger partial charge in [-0.05, 0) is 77.8 Å². The molecule has 0 bridgehead atoms. The van der Waals surface area contributed by atoms with Gasteiger partial charge in [-0.15, -0.1) is 23.1 Å². The van der Waals surface area contributed by atoms with Gasteiger partial charge in [-0.1, -0.05) is 45.0 Å². The number of thiophene rings is 1. The second-order valence-corrected chi connectivity index (χ2v) is 11.9. The molecule has 1 amide bonds. The zero-order valence-electron chi connectivity index (χ0n) is 20.5. The Morgan fingerprint density at radius 3 is 2.24 bits per heavy atom. The third kappa shape index (κ3) is 6.97. The topological polar surface area (TPSA) is 66.4 Å². The van der Waals surface area contributed by atoms with Crippen molar-refractivity contribution >= 4 is 35.0 Å². The van der Waals surface area contributed by atoms with E-state index in [0.29, 0.717) is 4.88 Å². The summed E-state index contributed by atoms with van der Waals surface area (Å²) in [4.78, 5) is 25.7. The molecule has 6 heteroatoms. The molecule has 34 heavy (non-hydrogen) atoms. The zero-order chi connectivity index (χ0) is 24.9. The zero-order valence-corrected chi connectivity index (χ0v) is 22.2. The molecule has 0 saturated carbocycles. The summed E-state index contributed by atoms with van der Waals surface area (Å²) in [6.07, 6.45) is 0.812. The lowest BCUT2D eigenvalue weighted by Crippen LogP contribution is -2.25. The number of carboxylic acid groups (broad SMARTS) is 1. The lowest BCUT2D eigenvalue weighted by Gasteiger charge is -2.20. The predicted molar refractivity (Wildman–Crippen MR) is 143 cm³/mol. The Morgan fingerprint density at radius 1 is 1.00 bits per heavy atom. The van der Waals surface area contributed by atoms with Gasteiger partial charge in [0.15, 0.2) is 0 Å². The van der Waals surface area contributed by atoms with Gasteiger partial charge in [0.1, 0.15) is 0 Å². The number of nitrogens with one attached hydrogen (secondary N) is 1. The molecule has 4 nitrogen and oxygen atoms in total. The van der Waals surface area contributed by atoms with Crippen LogP contribution in [0.5, 0.6) is 0 Å². The standard InChI is InChI=1S/C28H33NO3S2/c1-18-16-23(17-19(2)26(18)20-6-8-21(9-7-20)28(3,4)5)33-15-13-22-10-11-24(34-22)27(32)29-14-12-25(30)31/h6-11,16-17H,12-15H2,1-5H3,(H,29,32)(H,30,31). The largest absolute Gasteiger partial charge is 0.481 e. The normalized spacial score (nSPS) is 11.4. The molecule has 0 fully saturated rings. The maximum absolute atomic E-state index is 12.1. The summed E-state index contributed by atoms with van der Waals surface area (Å²) in [6, 6.07) is 17.3. The molecule has 2 aromatic carbocycles. The van der Waals surface area contributed by atoms with Crippen molar-refractivity contribution in [3.63, 3.8) is 0 Å². The molecule has 0 atom stereocenters. The Hall–Kier alpha value is -2.57. The molecule has 0 aliphatic carbocycles. The summed E-state index contributed by atoms with van der Waals surface area (Å²) < 4.78 is 0. The van der Waals surface area contributed by atoms with E-state index in [4.69, 9.17) is 5.11 Å². The monoisotopic (exact) mass is 495 g/mol. The van der Waals surface area contributed by atoms with Crippen LogP contribution >= 0.6 is 23.1 Å². The van der Waals surface area contributed by atoms with Crippen LogP contribution in [0, 0.1) is 13.8 Å². The minimum atomic E-state index is -0.916. The summed E-state index contributed by atoms with van der Waals surface area (Å²) in [5, 5.41) is 11.3. The Labute approximate surface area is 210 Å². The fourth-order valence-electron chi connectivity index (χ4n) is 3.87. The molecule has 180 valence electrons. The van der Waals surface area contributed by atoms with Gasteiger partial charge in [0.05, 0.1) is 11.3 Å². The van der Waals surface area contributed by atoms with E-state index >= 15 is 0 Å². The number of thioether (sulfide) groups is 1. The van der Waals surface area contributed by atoms with Gasteiger partial charge in [0.25, 0.3) is 5.91 Å². The molecule has 3 rings (SSSR count). The van der Waals surface area contributed by atoms with Crippen molar-refractivity contribution in [2.75, 3.05) is 12.3 Å². The summed E-state index contributed by atoms with van der Waals surface area (Å²) in [5.74, 6) is -0.192. The molecule has 1 heterocycles. The predicted octanol–water partition coefficient (Wildman–Crippen LogP) is 6.87. The van der Waals surface area contributed by atoms with Gasteiger partial charge in [-0.2, -0.15) is 0 Å². The Morgan fingerprint density at radius 2 is 1.65 bits per heavy atom. The summed E-state index contributed by atoms with van der Waals surface area (Å²) in [6.45, 7) is 11.2. The van der Waals surface area contributed by atoms with Crippen LogP contribution in [0.1, 0.15) is 58.4 Å². The Balaban J connectivity index is 1.59. The van der Waals surface area contributed by atoms with Gasteiger partial charge in [0, 0.05) is 22.1 Å². The average molecular weight is 496 g/mol. The number of rotatable bonds is 9. The quantitative estimate of drug-likeness (QED) is 0.318. The van der Waals surface area contributed by atoms with E-state index in [0.717, 1.165) is 17.1 Å². The highest BCUT2D eigenvalue weighted by atomic mass is 32.2. The molecule has 2 N–H and O–H groups in total. The van der Waals surface area contributed by atoms with Crippen molar-refractivity contribution in [3.8, 4) is 11.1 Å². The van der Waals surface area contributed by atoms with Gasteiger partial charge >= 0.3 is 5.97 Å². The second kappa shape index (κ2) is 11.2. The maximum atomic E-state index is 12.1. The van der Waals surface area contributed by atoms with E-state index in [-0.39, 0.29) is 24.3 Å². The van der Waals surface area contributed by atoms with Crippen LogP contribution in [0.4, 0.5) is 0 Å². The number of aryl methyl sites for hydroxylation is 3. The van der Waals surface area contributed by atoms with Crippen molar-refractivity contribution in [1.29, 1.82) is 0 Å². The number of amides is 1. The molecule has 0 spiro atoms. The molecule has 3 aromatic rings. The van der Waals surface area contributed by atoms with Gasteiger partial charge in [-0.25, -0.2) is 0 Å². The number of benzene rings is 2. The fourth-order valence-corrected chi connectivity index (χ4v) is 6.00. The van der Waals surface area contributed by atoms with Crippen molar-refractivity contribution in [2.24, 2.45) is 0 Å². The first kappa shape index (κ1) is 26.0. The van der Waals surface area contributed by atoms with Crippen LogP contribution in [0.3, 0.4) is 0 Å². The average Bonchev–Trinajstić information content (AvgIpc) is 3.22. The number of carbonyl (C=O) groups is 2. The number of aliphatic carboxylic acids is 1. The van der Waals surface area contributed by atoms with Crippen molar-refractivity contribution in [3.05, 3.63) is 75.0 Å². The molecule has 1 aromatic heterocycles. The third-order valence-corrected chi connectivity index (χ3v) is 7.79. The number of carboxylic acids is 1. The summed E-state index contributed by atoms with van der Waals surface area (Å²) in [5.41, 5.74) is 6.61. The fraction of sp³-hybridized carbons (Fsp3) is 0.357. The lowest BCUT2D eigenvalue weighted by molar-refractivity contribution is -0.136. The SMILES string of the molecule is Cc1cc(SCCc2ccc(C(=O)NCCC(=O)O)s2)cc(C)c1-c1ccc(C(C)(C)C)cc1. The van der Waals surface area contributed by atoms with Crippen molar-refractivity contribution in [1.82, 2.24) is 5.32 Å². The van der Waals surface area contributed by atoms with Gasteiger partial charge in [-0.3, -0.25) is 9.59 Å². The minimum Gasteiger partial charge on any atom is -0.481 e. The van der Waals surface area contributed by atoms with Crippen LogP contribution in [-0.4, -0.2) is 29.3 Å². The van der Waals surface area contributed by atoms with E-state index in [9.17, 15) is 9.59 Å². The van der Waals surface area contributed by atoms with E-state index in [1.807, 2.05) is 23.9 Å². The lowest BCUT2D eigenvalue weighted by atomic mass is 9.85. The molecular formula is C28H33NO3S2. The van der Waals surface area contributed by atoms with Gasteiger partial charge in [0.2, 0.25) is 0 Å². The highest BCUT2D eigenvalue weighted by Gasteiger charge is 2.15. The Bertz CT molecular complexity index is 1130. The van der Waals surface area contributed by atoms with E-state index < -0.39 is 5.97 Å². The van der Waals surface area contributed by atoms with Crippen LogP contribution in [0.15, 0.2) is 53.4 Å². The van der Waals surface area contributed by atoms with E-state index in [2.05, 4.69) is 76.3 Å². The first-order chi connectivity index (χ1) is 16.0. The Kier molecular flexibility index (Phi) is 8.61. The smallest absolute Gasteiger partial charge is 0.305 e. The van der Waals surface area contributed by atoms with Crippen LogP contribution < -0.4 is 5.32 Å². The van der Waals surface area contributed by atoms with Crippen LogP contribution in [0.25, 0.3) is 11.1 Å². The second-order valence-electron chi connectivity index (χ2n) is 9.52. The summed E-state index contributed by atoms with van der Waals surface area (Å²) in [7, 11) is 0. The molecule has 0 saturated heterocycles. The molecule has 0 aliphatic heterocycles. The first-order valence-electron chi connectivity index (χ1n) is 11.5. The van der Waals surface area contributed by atoms with Crippen molar-refractivity contribution < 1.29 is 14.7 Å². The maximum Gasteiger partial charge on any atom is 0.305 e. The van der Waals surface area contributed by atoms with Crippen molar-refractivity contribution in [2.45, 2.75) is 57.8 Å². The number of carbonyl (C=O) groups excluding carboxylic acids is 1. The highest BCUT2D eigenvalue weighted by Crippen LogP contribution is 2.33. The first-order valence-corrected chi connectivity index (χ1v) is 13.3. The van der Waals surface area contributed by atoms with Gasteiger partial charge < -0.3 is 10.4 Å². The summed E-state index contributed by atoms with van der Waals surface area (Å²) >= 11 is 3.30. The highest BCUT2D eigenvalue weighted by molar-refractivity contribution is 7.99. The number of hydrogen-bond acceptors (Lipinski definition) is 4. The van der Waals surface area contributed by atoms with Crippen LogP contribution in [0.2, 0.25) is 0 Å².